The standard InChI is InChI=1S/C17H17IN2O3S/c1-23-12-7-6-9(8-11(12)18)16(22)20-17-14(15(19)21)10-4-2-3-5-13(10)24-17/h6-8H,2-5H2,1H3,(H2,19,21)(H,20,22). The third-order valence-electron chi connectivity index (χ3n) is 4.06. The van der Waals surface area contributed by atoms with Gasteiger partial charge in [0.25, 0.3) is 11.8 Å². The molecule has 0 unspecified atom stereocenters. The van der Waals surface area contributed by atoms with Gasteiger partial charge in [0.05, 0.1) is 16.2 Å². The van der Waals surface area contributed by atoms with Crippen molar-refractivity contribution in [2.75, 3.05) is 12.4 Å². The maximum atomic E-state index is 12.6. The molecule has 3 rings (SSSR count). The number of halogens is 1. The lowest BCUT2D eigenvalue weighted by molar-refractivity contribution is 0.100. The molecule has 0 fully saturated rings. The number of carbonyl (C=O) groups is 2. The molecule has 0 bridgehead atoms. The van der Waals surface area contributed by atoms with Crippen LogP contribution in [0.3, 0.4) is 0 Å². The quantitative estimate of drug-likeness (QED) is 0.691. The summed E-state index contributed by atoms with van der Waals surface area (Å²) in [4.78, 5) is 25.6. The highest BCUT2D eigenvalue weighted by Gasteiger charge is 2.25. The maximum absolute atomic E-state index is 12.6. The summed E-state index contributed by atoms with van der Waals surface area (Å²) in [6.45, 7) is 0. The van der Waals surface area contributed by atoms with Crippen LogP contribution in [-0.2, 0) is 12.8 Å². The second kappa shape index (κ2) is 7.10. The normalized spacial score (nSPS) is 13.2. The molecule has 3 N–H and O–H groups in total. The summed E-state index contributed by atoms with van der Waals surface area (Å²) in [5, 5.41) is 3.43. The van der Waals surface area contributed by atoms with E-state index in [1.54, 1.807) is 25.3 Å². The lowest BCUT2D eigenvalue weighted by Gasteiger charge is -2.11. The highest BCUT2D eigenvalue weighted by molar-refractivity contribution is 14.1. The van der Waals surface area contributed by atoms with Crippen LogP contribution < -0.4 is 15.8 Å². The van der Waals surface area contributed by atoms with Gasteiger partial charge < -0.3 is 15.8 Å². The molecule has 2 amide bonds. The summed E-state index contributed by atoms with van der Waals surface area (Å²) in [6, 6.07) is 5.21. The van der Waals surface area contributed by atoms with Crippen molar-refractivity contribution >= 4 is 50.7 Å². The van der Waals surface area contributed by atoms with Crippen molar-refractivity contribution in [3.05, 3.63) is 43.3 Å². The van der Waals surface area contributed by atoms with Crippen LogP contribution in [0.15, 0.2) is 18.2 Å². The Morgan fingerprint density at radius 1 is 1.29 bits per heavy atom. The summed E-state index contributed by atoms with van der Waals surface area (Å²) >= 11 is 3.59. The van der Waals surface area contributed by atoms with Gasteiger partial charge in [0.1, 0.15) is 10.8 Å². The Morgan fingerprint density at radius 3 is 2.71 bits per heavy atom. The molecular formula is C17H17IN2O3S. The zero-order valence-electron chi connectivity index (χ0n) is 13.1. The maximum Gasteiger partial charge on any atom is 0.256 e. The van der Waals surface area contributed by atoms with Crippen molar-refractivity contribution in [2.45, 2.75) is 25.7 Å². The number of nitrogens with two attached hydrogens (primary N) is 1. The van der Waals surface area contributed by atoms with Gasteiger partial charge in [-0.2, -0.15) is 0 Å². The van der Waals surface area contributed by atoms with Crippen LogP contribution in [0.2, 0.25) is 0 Å². The molecule has 2 aromatic rings. The molecule has 0 saturated carbocycles. The van der Waals surface area contributed by atoms with Crippen molar-refractivity contribution < 1.29 is 14.3 Å². The number of carbonyl (C=O) groups excluding carboxylic acids is 2. The second-order valence-electron chi connectivity index (χ2n) is 5.58. The van der Waals surface area contributed by atoms with E-state index in [4.69, 9.17) is 10.5 Å². The smallest absolute Gasteiger partial charge is 0.256 e. The molecule has 5 nitrogen and oxygen atoms in total. The number of primary amides is 1. The first kappa shape index (κ1) is 17.2. The number of hydrogen-bond acceptors (Lipinski definition) is 4. The Labute approximate surface area is 157 Å². The van der Waals surface area contributed by atoms with Gasteiger partial charge in [-0.3, -0.25) is 9.59 Å². The van der Waals surface area contributed by atoms with Gasteiger partial charge in [-0.05, 0) is 72.0 Å². The van der Waals surface area contributed by atoms with E-state index in [9.17, 15) is 9.59 Å². The van der Waals surface area contributed by atoms with Gasteiger partial charge in [-0.25, -0.2) is 0 Å². The van der Waals surface area contributed by atoms with Crippen LogP contribution >= 0.6 is 33.9 Å². The van der Waals surface area contributed by atoms with Crippen molar-refractivity contribution in [3.63, 3.8) is 0 Å². The molecule has 1 aromatic carbocycles. The number of fused-ring (bicyclic) bond motifs is 1. The third-order valence-corrected chi connectivity index (χ3v) is 6.11. The monoisotopic (exact) mass is 456 g/mol. The van der Waals surface area contributed by atoms with Gasteiger partial charge in [-0.1, -0.05) is 0 Å². The molecule has 0 aliphatic heterocycles. The van der Waals surface area contributed by atoms with Gasteiger partial charge in [0, 0.05) is 10.4 Å². The van der Waals surface area contributed by atoms with E-state index < -0.39 is 5.91 Å². The van der Waals surface area contributed by atoms with Crippen LogP contribution in [0.1, 0.15) is 44.0 Å². The van der Waals surface area contributed by atoms with E-state index >= 15 is 0 Å². The molecule has 126 valence electrons. The number of methoxy groups -OCH3 is 1. The zero-order valence-corrected chi connectivity index (χ0v) is 16.1. The van der Waals surface area contributed by atoms with Crippen LogP contribution in [-0.4, -0.2) is 18.9 Å². The molecule has 7 heteroatoms. The largest absolute Gasteiger partial charge is 0.496 e. The van der Waals surface area contributed by atoms with Crippen LogP contribution in [0.4, 0.5) is 5.00 Å². The minimum absolute atomic E-state index is 0.253. The average Bonchev–Trinajstić information content (AvgIpc) is 2.92. The molecule has 24 heavy (non-hydrogen) atoms. The first-order valence-electron chi connectivity index (χ1n) is 7.60. The highest BCUT2D eigenvalue weighted by atomic mass is 127. The molecule has 0 radical (unpaired) electrons. The molecule has 0 atom stereocenters. The molecule has 1 aromatic heterocycles. The minimum Gasteiger partial charge on any atom is -0.496 e. The summed E-state index contributed by atoms with van der Waals surface area (Å²) in [5.74, 6) is -0.0118. The second-order valence-corrected chi connectivity index (χ2v) is 7.85. The van der Waals surface area contributed by atoms with Crippen molar-refractivity contribution in [1.82, 2.24) is 0 Å². The van der Waals surface area contributed by atoms with E-state index in [1.165, 1.54) is 11.3 Å². The van der Waals surface area contributed by atoms with Gasteiger partial charge in [-0.15, -0.1) is 11.3 Å². The lowest BCUT2D eigenvalue weighted by Crippen LogP contribution is -2.18. The fraction of sp³-hybridized carbons (Fsp3) is 0.294. The third kappa shape index (κ3) is 3.27. The van der Waals surface area contributed by atoms with Crippen molar-refractivity contribution in [3.8, 4) is 5.75 Å². The molecule has 1 heterocycles. The van der Waals surface area contributed by atoms with Crippen LogP contribution in [0, 0.1) is 3.57 Å². The Hall–Kier alpha value is -1.61. The average molecular weight is 456 g/mol. The topological polar surface area (TPSA) is 81.4 Å². The predicted molar refractivity (Wildman–Crippen MR) is 103 cm³/mol. The van der Waals surface area contributed by atoms with E-state index in [2.05, 4.69) is 27.9 Å². The minimum atomic E-state index is -0.478. The lowest BCUT2D eigenvalue weighted by atomic mass is 9.95. The zero-order chi connectivity index (χ0) is 17.3. The summed E-state index contributed by atoms with van der Waals surface area (Å²) < 4.78 is 6.06. The number of ether oxygens (including phenoxy) is 1. The number of thiophene rings is 1. The summed E-state index contributed by atoms with van der Waals surface area (Å²) in [7, 11) is 1.59. The number of benzene rings is 1. The molecule has 0 spiro atoms. The van der Waals surface area contributed by atoms with E-state index in [0.29, 0.717) is 16.1 Å². The molecule has 1 aliphatic carbocycles. The fourth-order valence-electron chi connectivity index (χ4n) is 2.90. The van der Waals surface area contributed by atoms with Crippen LogP contribution in [0.5, 0.6) is 5.75 Å². The Balaban J connectivity index is 1.90. The highest BCUT2D eigenvalue weighted by Crippen LogP contribution is 2.38. The Bertz CT molecular complexity index is 816. The molecule has 1 aliphatic rings. The summed E-state index contributed by atoms with van der Waals surface area (Å²) in [6.07, 6.45) is 3.95. The first-order chi connectivity index (χ1) is 11.5. The van der Waals surface area contributed by atoms with Crippen LogP contribution in [0.25, 0.3) is 0 Å². The first-order valence-corrected chi connectivity index (χ1v) is 9.50. The van der Waals surface area contributed by atoms with E-state index in [1.807, 2.05) is 0 Å². The van der Waals surface area contributed by atoms with Gasteiger partial charge in [0.15, 0.2) is 0 Å². The Morgan fingerprint density at radius 2 is 2.04 bits per heavy atom. The molecular weight excluding hydrogens is 439 g/mol. The van der Waals surface area contributed by atoms with Gasteiger partial charge >= 0.3 is 0 Å². The number of rotatable bonds is 4. The number of aryl methyl sites for hydroxylation is 1. The predicted octanol–water partition coefficient (Wildman–Crippen LogP) is 3.59. The van der Waals surface area contributed by atoms with E-state index in [-0.39, 0.29) is 5.91 Å². The number of anilines is 1. The van der Waals surface area contributed by atoms with E-state index in [0.717, 1.165) is 45.4 Å². The number of nitrogens with one attached hydrogen (secondary N) is 1. The van der Waals surface area contributed by atoms with Crippen molar-refractivity contribution in [1.29, 1.82) is 0 Å². The number of amides is 2. The summed E-state index contributed by atoms with van der Waals surface area (Å²) in [5.41, 5.74) is 7.56. The molecule has 0 saturated heterocycles. The van der Waals surface area contributed by atoms with Gasteiger partial charge in [0.2, 0.25) is 0 Å². The van der Waals surface area contributed by atoms with Crippen molar-refractivity contribution in [2.24, 2.45) is 5.73 Å². The SMILES string of the molecule is COc1ccc(C(=O)Nc2sc3c(c2C(N)=O)CCCC3)cc1I. The number of hydrogen-bond donors (Lipinski definition) is 2. The fourth-order valence-corrected chi connectivity index (χ4v) is 4.92. The Kier molecular flexibility index (Phi) is 5.09.